The van der Waals surface area contributed by atoms with Gasteiger partial charge in [0.15, 0.2) is 8.07 Å². The van der Waals surface area contributed by atoms with Crippen molar-refractivity contribution in [2.75, 3.05) is 14.7 Å². The van der Waals surface area contributed by atoms with E-state index in [-0.39, 0.29) is 0 Å². The highest BCUT2D eigenvalue weighted by molar-refractivity contribution is 7.16. The number of anilines is 9. The minimum absolute atomic E-state index is 1.19. The normalized spacial score (nSPS) is 15.0. The highest BCUT2D eigenvalue weighted by Crippen LogP contribution is 2.52. The van der Waals surface area contributed by atoms with E-state index in [1.165, 1.54) is 66.7 Å². The summed E-state index contributed by atoms with van der Waals surface area (Å²) in [5.41, 5.74) is 11.3. The predicted molar refractivity (Wildman–Crippen MR) is 175 cm³/mol. The largest absolute Gasteiger partial charge is 0.311 e. The molecule has 0 saturated heterocycles. The first-order chi connectivity index (χ1) is 20.3. The van der Waals surface area contributed by atoms with Crippen molar-refractivity contribution < 1.29 is 0 Å². The van der Waals surface area contributed by atoms with Crippen LogP contribution in [0.5, 0.6) is 0 Å². The van der Waals surface area contributed by atoms with Crippen LogP contribution in [0.1, 0.15) is 0 Å². The molecular weight excluding hydrogens is 515 g/mol. The molecule has 4 heteroatoms. The summed E-state index contributed by atoms with van der Waals surface area (Å²) in [5.74, 6) is 0. The van der Waals surface area contributed by atoms with Crippen LogP contribution in [0.2, 0.25) is 6.55 Å². The van der Waals surface area contributed by atoms with Crippen LogP contribution in [0.3, 0.4) is 0 Å². The Hall–Kier alpha value is -5.06. The molecule has 0 saturated carbocycles. The first kappa shape index (κ1) is 22.7. The third-order valence-electron chi connectivity index (χ3n) is 9.05. The molecule has 0 unspecified atom stereocenters. The molecule has 0 spiro atoms. The molecule has 3 aliphatic rings. The van der Waals surface area contributed by atoms with Crippen LogP contribution in [-0.2, 0) is 0 Å². The van der Waals surface area contributed by atoms with Gasteiger partial charge in [0.2, 0.25) is 0 Å². The van der Waals surface area contributed by atoms with Gasteiger partial charge in [-0.2, -0.15) is 0 Å². The van der Waals surface area contributed by atoms with Crippen molar-refractivity contribution in [3.05, 3.63) is 146 Å². The molecule has 0 atom stereocenters. The number of rotatable bonds is 3. The van der Waals surface area contributed by atoms with E-state index < -0.39 is 8.07 Å². The van der Waals surface area contributed by atoms with Gasteiger partial charge in [-0.05, 0) is 88.4 Å². The van der Waals surface area contributed by atoms with Gasteiger partial charge < -0.3 is 14.7 Å². The third-order valence-corrected chi connectivity index (χ3v) is 13.6. The Bertz CT molecular complexity index is 1680. The lowest BCUT2D eigenvalue weighted by Crippen LogP contribution is -2.74. The summed E-state index contributed by atoms with van der Waals surface area (Å²) in [6.07, 6.45) is 0. The van der Waals surface area contributed by atoms with Gasteiger partial charge >= 0.3 is 0 Å². The van der Waals surface area contributed by atoms with Crippen LogP contribution in [-0.4, -0.2) is 8.07 Å². The highest BCUT2D eigenvalue weighted by Gasteiger charge is 2.55. The Balaban J connectivity index is 1.47. The van der Waals surface area contributed by atoms with Gasteiger partial charge in [-0.25, -0.2) is 0 Å². The second-order valence-corrected chi connectivity index (χ2v) is 14.9. The first-order valence-electron chi connectivity index (χ1n) is 14.2. The topological polar surface area (TPSA) is 9.72 Å². The van der Waals surface area contributed by atoms with Crippen LogP contribution in [0.25, 0.3) is 0 Å². The fourth-order valence-electron chi connectivity index (χ4n) is 7.57. The van der Waals surface area contributed by atoms with Gasteiger partial charge in [-0.15, -0.1) is 0 Å². The Morgan fingerprint density at radius 1 is 0.317 bits per heavy atom. The van der Waals surface area contributed by atoms with Crippen molar-refractivity contribution in [1.82, 2.24) is 0 Å². The van der Waals surface area contributed by atoms with Crippen molar-refractivity contribution in [3.8, 4) is 0 Å². The van der Waals surface area contributed by atoms with E-state index >= 15 is 0 Å². The molecule has 0 N–H and O–H groups in total. The smallest absolute Gasteiger partial charge is 0.161 e. The standard InChI is InChI=1S/C37H27N3Si/c1-41-35-29-20-11-22-31(35)39(27-16-7-3-8-17-27)33-24-13-25-34(37(33)41)40(28-18-9-4-10-19-28)32-23-12-21-30(36(32)41)38(29)26-14-5-2-6-15-26/h2-25H,1H3. The summed E-state index contributed by atoms with van der Waals surface area (Å²) >= 11 is 0. The maximum Gasteiger partial charge on any atom is 0.161 e. The fourth-order valence-corrected chi connectivity index (χ4v) is 12.6. The minimum atomic E-state index is -2.46. The monoisotopic (exact) mass is 541 g/mol. The van der Waals surface area contributed by atoms with Crippen LogP contribution in [0, 0.1) is 0 Å². The van der Waals surface area contributed by atoms with Gasteiger partial charge in [-0.3, -0.25) is 0 Å². The van der Waals surface area contributed by atoms with Crippen LogP contribution in [0.15, 0.2) is 146 Å². The molecule has 6 aromatic carbocycles. The zero-order valence-corrected chi connectivity index (χ0v) is 23.7. The van der Waals surface area contributed by atoms with Gasteiger partial charge in [0, 0.05) is 51.2 Å². The lowest BCUT2D eigenvalue weighted by Gasteiger charge is -2.54. The van der Waals surface area contributed by atoms with E-state index in [0.29, 0.717) is 0 Å². The average Bonchev–Trinajstić information content (AvgIpc) is 3.03. The average molecular weight is 542 g/mol. The van der Waals surface area contributed by atoms with Gasteiger partial charge in [0.05, 0.1) is 0 Å². The number of nitrogens with zero attached hydrogens (tertiary/aromatic N) is 3. The van der Waals surface area contributed by atoms with Gasteiger partial charge in [0.1, 0.15) is 0 Å². The summed E-state index contributed by atoms with van der Waals surface area (Å²) in [5, 5.41) is 4.46. The fraction of sp³-hybridized carbons (Fsp3) is 0.0270. The van der Waals surface area contributed by atoms with Crippen LogP contribution >= 0.6 is 0 Å². The summed E-state index contributed by atoms with van der Waals surface area (Å²) in [6.45, 7) is 2.59. The molecule has 194 valence electrons. The summed E-state index contributed by atoms with van der Waals surface area (Å²) in [7, 11) is -2.46. The van der Waals surface area contributed by atoms with E-state index in [0.717, 1.165) is 0 Å². The zero-order chi connectivity index (χ0) is 27.1. The highest BCUT2D eigenvalue weighted by atomic mass is 28.3. The van der Waals surface area contributed by atoms with E-state index in [9.17, 15) is 0 Å². The third kappa shape index (κ3) is 2.87. The molecule has 6 aromatic rings. The quantitative estimate of drug-likeness (QED) is 0.209. The zero-order valence-electron chi connectivity index (χ0n) is 22.7. The molecule has 3 nitrogen and oxygen atoms in total. The molecule has 41 heavy (non-hydrogen) atoms. The lowest BCUT2D eigenvalue weighted by atomic mass is 10.1. The second-order valence-electron chi connectivity index (χ2n) is 11.2. The van der Waals surface area contributed by atoms with Crippen molar-refractivity contribution in [1.29, 1.82) is 0 Å². The number of para-hydroxylation sites is 3. The first-order valence-corrected chi connectivity index (χ1v) is 16.7. The van der Waals surface area contributed by atoms with E-state index in [1.807, 2.05) is 0 Å². The molecule has 0 aliphatic carbocycles. The van der Waals surface area contributed by atoms with E-state index in [1.54, 1.807) is 0 Å². The molecule has 0 amide bonds. The molecule has 0 fully saturated rings. The molecule has 9 rings (SSSR count). The molecule has 0 aromatic heterocycles. The number of hydrogen-bond acceptors (Lipinski definition) is 3. The maximum atomic E-state index is 2.59. The predicted octanol–water partition coefficient (Wildman–Crippen LogP) is 8.14. The van der Waals surface area contributed by atoms with Gasteiger partial charge in [0.25, 0.3) is 0 Å². The van der Waals surface area contributed by atoms with Crippen molar-refractivity contribution in [2.24, 2.45) is 0 Å². The van der Waals surface area contributed by atoms with Gasteiger partial charge in [-0.1, -0.05) is 79.3 Å². The summed E-state index contributed by atoms with van der Waals surface area (Å²) in [6, 6.07) is 53.3. The lowest BCUT2D eigenvalue weighted by molar-refractivity contribution is 1.21. The van der Waals surface area contributed by atoms with Crippen molar-refractivity contribution >= 4 is 74.8 Å². The molecular formula is C37H27N3Si. The Labute approximate surface area is 241 Å². The Morgan fingerprint density at radius 3 is 0.805 bits per heavy atom. The molecule has 0 bridgehead atoms. The molecule has 3 aliphatic heterocycles. The van der Waals surface area contributed by atoms with E-state index in [2.05, 4.69) is 167 Å². The summed E-state index contributed by atoms with van der Waals surface area (Å²) < 4.78 is 0. The van der Waals surface area contributed by atoms with E-state index in [4.69, 9.17) is 0 Å². The SMILES string of the molecule is C[Si]12c3c4cccc3N(c3ccccc3)c3cccc(c31)N(c1ccccc1)c1cccc(c12)N4c1ccccc1. The number of hydrogen-bond donors (Lipinski definition) is 0. The Kier molecular flexibility index (Phi) is 4.56. The molecule has 3 heterocycles. The minimum Gasteiger partial charge on any atom is -0.311 e. The van der Waals surface area contributed by atoms with Crippen molar-refractivity contribution in [3.63, 3.8) is 0 Å². The maximum absolute atomic E-state index is 2.59. The van der Waals surface area contributed by atoms with Crippen LogP contribution < -0.4 is 30.3 Å². The van der Waals surface area contributed by atoms with Crippen LogP contribution in [0.4, 0.5) is 51.2 Å². The second kappa shape index (κ2) is 8.23. The Morgan fingerprint density at radius 2 is 0.561 bits per heavy atom. The molecule has 0 radical (unpaired) electrons. The summed E-state index contributed by atoms with van der Waals surface area (Å²) in [4.78, 5) is 7.49. The number of benzene rings is 6. The van der Waals surface area contributed by atoms with Crippen molar-refractivity contribution in [2.45, 2.75) is 6.55 Å².